The minimum atomic E-state index is -0.0854. The zero-order chi connectivity index (χ0) is 14.0. The maximum atomic E-state index is 8.84. The van der Waals surface area contributed by atoms with Crippen molar-refractivity contribution in [2.45, 2.75) is 20.8 Å². The van der Waals surface area contributed by atoms with Crippen molar-refractivity contribution < 1.29 is 9.94 Å². The van der Waals surface area contributed by atoms with Crippen LogP contribution in [0.2, 0.25) is 0 Å². The second-order valence-electron chi connectivity index (χ2n) is 4.07. The van der Waals surface area contributed by atoms with Crippen LogP contribution in [0.3, 0.4) is 0 Å². The van der Waals surface area contributed by atoms with Crippen molar-refractivity contribution in [3.05, 3.63) is 28.6 Å². The molecule has 19 heavy (non-hydrogen) atoms. The molecule has 4 N–H and O–H groups in total. The fourth-order valence-electron chi connectivity index (χ4n) is 1.55. The molecule has 0 bridgehead atoms. The molecular formula is C11H14N6O2. The van der Waals surface area contributed by atoms with Gasteiger partial charge in [0.2, 0.25) is 5.88 Å². The Bertz CT molecular complexity index is 634. The summed E-state index contributed by atoms with van der Waals surface area (Å²) in [5.74, 6) is 0.393. The summed E-state index contributed by atoms with van der Waals surface area (Å²) in [5.41, 5.74) is 8.29. The van der Waals surface area contributed by atoms with Crippen LogP contribution in [0, 0.1) is 20.8 Å². The Balaban J connectivity index is 2.48. The van der Waals surface area contributed by atoms with E-state index in [1.165, 1.54) is 0 Å². The number of nitrogens with two attached hydrogens (primary N) is 1. The number of aromatic nitrogens is 4. The Morgan fingerprint density at radius 1 is 1.37 bits per heavy atom. The van der Waals surface area contributed by atoms with Crippen molar-refractivity contribution in [3.63, 3.8) is 0 Å². The van der Waals surface area contributed by atoms with E-state index < -0.39 is 0 Å². The minimum absolute atomic E-state index is 0.0854. The molecule has 2 heterocycles. The number of nitrogens with zero attached hydrogens (tertiary/aromatic N) is 4. The SMILES string of the molecule is Cc1cc(Oc2nnc(C)c(C)c2/C(N)=N/O)n[nH]1. The number of aryl methyl sites for hydroxylation is 2. The minimum Gasteiger partial charge on any atom is -0.417 e. The summed E-state index contributed by atoms with van der Waals surface area (Å²) >= 11 is 0. The molecule has 2 aromatic rings. The van der Waals surface area contributed by atoms with Crippen molar-refractivity contribution in [1.82, 2.24) is 20.4 Å². The van der Waals surface area contributed by atoms with Crippen LogP contribution >= 0.6 is 0 Å². The average molecular weight is 262 g/mol. The summed E-state index contributed by atoms with van der Waals surface area (Å²) in [4.78, 5) is 0. The van der Waals surface area contributed by atoms with Crippen molar-refractivity contribution in [2.75, 3.05) is 0 Å². The molecule has 0 saturated carbocycles. The molecule has 0 fully saturated rings. The van der Waals surface area contributed by atoms with E-state index in [-0.39, 0.29) is 11.7 Å². The summed E-state index contributed by atoms with van der Waals surface area (Å²) < 4.78 is 5.50. The van der Waals surface area contributed by atoms with Gasteiger partial charge in [-0.1, -0.05) is 5.16 Å². The predicted octanol–water partition coefficient (Wildman–Crippen LogP) is 1.01. The molecule has 0 spiro atoms. The van der Waals surface area contributed by atoms with E-state index >= 15 is 0 Å². The molecule has 100 valence electrons. The van der Waals surface area contributed by atoms with Crippen molar-refractivity contribution in [3.8, 4) is 11.8 Å². The monoisotopic (exact) mass is 262 g/mol. The highest BCUT2D eigenvalue weighted by atomic mass is 16.5. The van der Waals surface area contributed by atoms with E-state index in [1.54, 1.807) is 19.9 Å². The predicted molar refractivity (Wildman–Crippen MR) is 67.4 cm³/mol. The smallest absolute Gasteiger partial charge is 0.252 e. The van der Waals surface area contributed by atoms with Gasteiger partial charge in [-0.15, -0.1) is 10.2 Å². The van der Waals surface area contributed by atoms with Gasteiger partial charge in [0.05, 0.1) is 11.3 Å². The van der Waals surface area contributed by atoms with E-state index in [9.17, 15) is 0 Å². The third-order valence-corrected chi connectivity index (χ3v) is 2.67. The normalized spacial score (nSPS) is 11.6. The van der Waals surface area contributed by atoms with Gasteiger partial charge in [0.25, 0.3) is 5.88 Å². The Hall–Kier alpha value is -2.64. The van der Waals surface area contributed by atoms with Gasteiger partial charge in [-0.25, -0.2) is 0 Å². The molecule has 0 aromatic carbocycles. The van der Waals surface area contributed by atoms with Gasteiger partial charge in [-0.3, -0.25) is 5.10 Å². The van der Waals surface area contributed by atoms with E-state index in [0.717, 1.165) is 11.3 Å². The van der Waals surface area contributed by atoms with Gasteiger partial charge in [-0.2, -0.15) is 5.10 Å². The number of ether oxygens (including phenoxy) is 1. The number of aromatic amines is 1. The first-order chi connectivity index (χ1) is 9.02. The molecule has 0 amide bonds. The standard InChI is InChI=1S/C11H14N6O2/c1-5-4-8(15-13-5)19-11-9(10(12)17-18)6(2)7(3)14-16-11/h4,18H,1-3H3,(H2,12,17)(H,13,15). The number of H-pyrrole nitrogens is 1. The van der Waals surface area contributed by atoms with Gasteiger partial charge < -0.3 is 15.7 Å². The fraction of sp³-hybridized carbons (Fsp3) is 0.273. The van der Waals surface area contributed by atoms with Crippen molar-refractivity contribution in [1.29, 1.82) is 0 Å². The number of hydrogen-bond acceptors (Lipinski definition) is 6. The molecule has 2 rings (SSSR count). The average Bonchev–Trinajstić information content (AvgIpc) is 2.79. The number of hydrogen-bond donors (Lipinski definition) is 3. The van der Waals surface area contributed by atoms with Gasteiger partial charge in [0.15, 0.2) is 5.84 Å². The maximum absolute atomic E-state index is 8.84. The van der Waals surface area contributed by atoms with Crippen LogP contribution in [-0.2, 0) is 0 Å². The highest BCUT2D eigenvalue weighted by Gasteiger charge is 2.18. The van der Waals surface area contributed by atoms with Crippen LogP contribution in [0.1, 0.15) is 22.5 Å². The molecule has 0 atom stereocenters. The Morgan fingerprint density at radius 3 is 2.68 bits per heavy atom. The van der Waals surface area contributed by atoms with Gasteiger partial charge in [0.1, 0.15) is 0 Å². The molecule has 0 aliphatic heterocycles. The summed E-state index contributed by atoms with van der Waals surface area (Å²) in [5, 5.41) is 26.4. The lowest BCUT2D eigenvalue weighted by molar-refractivity contribution is 0.318. The molecule has 8 heteroatoms. The highest BCUT2D eigenvalue weighted by molar-refractivity contribution is 6.00. The molecule has 8 nitrogen and oxygen atoms in total. The van der Waals surface area contributed by atoms with E-state index in [4.69, 9.17) is 15.7 Å². The molecule has 0 radical (unpaired) electrons. The maximum Gasteiger partial charge on any atom is 0.252 e. The van der Waals surface area contributed by atoms with Gasteiger partial charge in [-0.05, 0) is 26.3 Å². The molecule has 0 aliphatic rings. The third kappa shape index (κ3) is 2.46. The molecule has 0 saturated heterocycles. The Kier molecular flexibility index (Phi) is 3.32. The second-order valence-corrected chi connectivity index (χ2v) is 4.07. The Morgan fingerprint density at radius 2 is 2.11 bits per heavy atom. The van der Waals surface area contributed by atoms with E-state index in [0.29, 0.717) is 17.1 Å². The number of oxime groups is 1. The first-order valence-corrected chi connectivity index (χ1v) is 5.54. The first kappa shape index (κ1) is 12.8. The van der Waals surface area contributed by atoms with Crippen LogP contribution in [-0.4, -0.2) is 31.4 Å². The van der Waals surface area contributed by atoms with Crippen LogP contribution in [0.4, 0.5) is 0 Å². The summed E-state index contributed by atoms with van der Waals surface area (Å²) in [6, 6.07) is 1.70. The van der Waals surface area contributed by atoms with Gasteiger partial charge in [0, 0.05) is 11.8 Å². The zero-order valence-corrected chi connectivity index (χ0v) is 10.8. The number of rotatable bonds is 3. The quantitative estimate of drug-likeness (QED) is 0.328. The lowest BCUT2D eigenvalue weighted by atomic mass is 10.1. The zero-order valence-electron chi connectivity index (χ0n) is 10.8. The fourth-order valence-corrected chi connectivity index (χ4v) is 1.55. The van der Waals surface area contributed by atoms with Crippen LogP contribution in [0.5, 0.6) is 11.8 Å². The van der Waals surface area contributed by atoms with Crippen LogP contribution in [0.15, 0.2) is 11.2 Å². The Labute approximate surface area is 109 Å². The largest absolute Gasteiger partial charge is 0.417 e. The summed E-state index contributed by atoms with van der Waals surface area (Å²) in [6.07, 6.45) is 0. The lowest BCUT2D eigenvalue weighted by Crippen LogP contribution is -2.18. The third-order valence-electron chi connectivity index (χ3n) is 2.67. The van der Waals surface area contributed by atoms with Crippen molar-refractivity contribution >= 4 is 5.84 Å². The van der Waals surface area contributed by atoms with E-state index in [2.05, 4.69) is 25.6 Å². The lowest BCUT2D eigenvalue weighted by Gasteiger charge is -2.10. The summed E-state index contributed by atoms with van der Waals surface area (Å²) in [7, 11) is 0. The second kappa shape index (κ2) is 4.92. The van der Waals surface area contributed by atoms with Crippen LogP contribution in [0.25, 0.3) is 0 Å². The van der Waals surface area contributed by atoms with Crippen molar-refractivity contribution in [2.24, 2.45) is 10.9 Å². The number of nitrogens with one attached hydrogen (secondary N) is 1. The topological polar surface area (TPSA) is 122 Å². The molecule has 0 aliphatic carbocycles. The first-order valence-electron chi connectivity index (χ1n) is 5.54. The van der Waals surface area contributed by atoms with Gasteiger partial charge >= 0.3 is 0 Å². The molecular weight excluding hydrogens is 248 g/mol. The van der Waals surface area contributed by atoms with Crippen LogP contribution < -0.4 is 10.5 Å². The molecule has 2 aromatic heterocycles. The van der Waals surface area contributed by atoms with E-state index in [1.807, 2.05) is 6.92 Å². The highest BCUT2D eigenvalue weighted by Crippen LogP contribution is 2.24. The molecule has 0 unspecified atom stereocenters. The number of amidine groups is 1. The summed E-state index contributed by atoms with van der Waals surface area (Å²) in [6.45, 7) is 5.41.